The minimum absolute atomic E-state index is 0.166. The van der Waals surface area contributed by atoms with Gasteiger partial charge in [-0.2, -0.15) is 0 Å². The van der Waals surface area contributed by atoms with Crippen LogP contribution in [0.25, 0.3) is 6.08 Å². The van der Waals surface area contributed by atoms with Crippen molar-refractivity contribution in [2.75, 3.05) is 12.0 Å². The van der Waals surface area contributed by atoms with Crippen molar-refractivity contribution in [3.05, 3.63) is 93.0 Å². The summed E-state index contributed by atoms with van der Waals surface area (Å²) < 4.78 is 12.2. The highest BCUT2D eigenvalue weighted by atomic mass is 79.9. The number of aryl methyl sites for hydroxylation is 2. The summed E-state index contributed by atoms with van der Waals surface area (Å²) in [5.41, 5.74) is 3.75. The van der Waals surface area contributed by atoms with Crippen LogP contribution in [0.15, 0.2) is 70.7 Å². The average molecular weight is 535 g/mol. The van der Waals surface area contributed by atoms with E-state index in [2.05, 4.69) is 21.2 Å². The zero-order chi connectivity index (χ0) is 25.1. The van der Waals surface area contributed by atoms with E-state index in [0.29, 0.717) is 29.4 Å². The number of nitrogens with zero attached hydrogens (tertiary/aromatic N) is 1. The molecule has 1 N–H and O–H groups in total. The number of urea groups is 1. The van der Waals surface area contributed by atoms with Gasteiger partial charge in [0.05, 0.1) is 12.8 Å². The van der Waals surface area contributed by atoms with Crippen molar-refractivity contribution in [2.45, 2.75) is 20.5 Å². The number of hydrogen-bond donors (Lipinski definition) is 1. The van der Waals surface area contributed by atoms with E-state index >= 15 is 0 Å². The lowest BCUT2D eigenvalue weighted by Crippen LogP contribution is -2.54. The number of anilines is 1. The van der Waals surface area contributed by atoms with E-state index in [9.17, 15) is 14.4 Å². The van der Waals surface area contributed by atoms with E-state index in [-0.39, 0.29) is 5.57 Å². The third-order valence-electron chi connectivity index (χ3n) is 5.48. The molecule has 178 valence electrons. The van der Waals surface area contributed by atoms with Crippen LogP contribution in [0.5, 0.6) is 11.5 Å². The molecule has 0 spiro atoms. The first-order valence-electron chi connectivity index (χ1n) is 10.8. The summed E-state index contributed by atoms with van der Waals surface area (Å²) in [5, 5.41) is 2.24. The number of amides is 4. The number of rotatable bonds is 6. The minimum atomic E-state index is -0.795. The number of carbonyl (C=O) groups is 3. The summed E-state index contributed by atoms with van der Waals surface area (Å²) in [6.07, 6.45) is 1.43. The lowest BCUT2D eigenvalue weighted by molar-refractivity contribution is -0.122. The molecule has 7 nitrogen and oxygen atoms in total. The van der Waals surface area contributed by atoms with Crippen molar-refractivity contribution in [2.24, 2.45) is 0 Å². The molecular weight excluding hydrogens is 512 g/mol. The van der Waals surface area contributed by atoms with E-state index in [1.165, 1.54) is 13.2 Å². The Morgan fingerprint density at radius 1 is 0.971 bits per heavy atom. The molecule has 0 aromatic heterocycles. The second-order valence-corrected chi connectivity index (χ2v) is 8.93. The van der Waals surface area contributed by atoms with E-state index in [4.69, 9.17) is 9.47 Å². The van der Waals surface area contributed by atoms with Gasteiger partial charge in [-0.15, -0.1) is 0 Å². The van der Waals surface area contributed by atoms with Crippen molar-refractivity contribution < 1.29 is 23.9 Å². The maximum absolute atomic E-state index is 13.2. The van der Waals surface area contributed by atoms with Gasteiger partial charge in [0.15, 0.2) is 11.5 Å². The zero-order valence-electron chi connectivity index (χ0n) is 19.4. The van der Waals surface area contributed by atoms with Gasteiger partial charge in [0.25, 0.3) is 11.8 Å². The fraction of sp³-hybridized carbons (Fsp3) is 0.148. The van der Waals surface area contributed by atoms with Crippen LogP contribution in [0.2, 0.25) is 0 Å². The number of methoxy groups -OCH3 is 1. The van der Waals surface area contributed by atoms with E-state index in [1.54, 1.807) is 36.4 Å². The van der Waals surface area contributed by atoms with Gasteiger partial charge in [-0.1, -0.05) is 51.8 Å². The Morgan fingerprint density at radius 3 is 2.49 bits per heavy atom. The highest BCUT2D eigenvalue weighted by Crippen LogP contribution is 2.31. The third-order valence-corrected chi connectivity index (χ3v) is 6.37. The fourth-order valence-electron chi connectivity index (χ4n) is 3.68. The number of carbonyl (C=O) groups excluding carboxylic acids is 3. The standard InChI is InChI=1S/C27H23BrN2O5/c1-16-5-4-6-19(11-16)15-35-23-10-7-18(14-24(23)34-3)13-21-25(31)29-27(33)30(26(21)32)20-8-9-22(28)17(2)12-20/h4-14H,15H2,1-3H3,(H,29,31,33)/b21-13+. The van der Waals surface area contributed by atoms with Crippen molar-refractivity contribution in [1.29, 1.82) is 0 Å². The van der Waals surface area contributed by atoms with E-state index in [0.717, 1.165) is 26.1 Å². The van der Waals surface area contributed by atoms with Crippen molar-refractivity contribution >= 4 is 45.5 Å². The number of nitrogens with one attached hydrogen (secondary N) is 1. The first kappa shape index (κ1) is 24.2. The topological polar surface area (TPSA) is 84.9 Å². The Morgan fingerprint density at radius 2 is 1.77 bits per heavy atom. The fourth-order valence-corrected chi connectivity index (χ4v) is 3.93. The summed E-state index contributed by atoms with van der Waals surface area (Å²) >= 11 is 3.40. The van der Waals surface area contributed by atoms with Gasteiger partial charge < -0.3 is 9.47 Å². The van der Waals surface area contributed by atoms with E-state index < -0.39 is 17.8 Å². The highest BCUT2D eigenvalue weighted by molar-refractivity contribution is 9.10. The monoisotopic (exact) mass is 534 g/mol. The molecule has 1 heterocycles. The molecule has 1 aliphatic rings. The smallest absolute Gasteiger partial charge is 0.335 e. The first-order valence-corrected chi connectivity index (χ1v) is 11.6. The number of ether oxygens (including phenoxy) is 2. The molecule has 3 aromatic carbocycles. The molecule has 1 aliphatic heterocycles. The predicted octanol–water partition coefficient (Wildman–Crippen LogP) is 5.32. The molecule has 4 rings (SSSR count). The van der Waals surface area contributed by atoms with Gasteiger partial charge in [-0.25, -0.2) is 9.69 Å². The number of hydrogen-bond acceptors (Lipinski definition) is 5. The predicted molar refractivity (Wildman–Crippen MR) is 136 cm³/mol. The molecule has 0 unspecified atom stereocenters. The SMILES string of the molecule is COc1cc(/C=C2\C(=O)NC(=O)N(c3ccc(Br)c(C)c3)C2=O)ccc1OCc1cccc(C)c1. The summed E-state index contributed by atoms with van der Waals surface area (Å²) in [6.45, 7) is 4.22. The normalized spacial score (nSPS) is 14.8. The molecule has 4 amide bonds. The number of benzene rings is 3. The van der Waals surface area contributed by atoms with Crippen molar-refractivity contribution in [3.63, 3.8) is 0 Å². The molecule has 0 aliphatic carbocycles. The second kappa shape index (κ2) is 10.1. The summed E-state index contributed by atoms with van der Waals surface area (Å²) in [7, 11) is 1.51. The molecule has 3 aromatic rings. The van der Waals surface area contributed by atoms with Crippen LogP contribution in [0.3, 0.4) is 0 Å². The average Bonchev–Trinajstić information content (AvgIpc) is 2.83. The summed E-state index contributed by atoms with van der Waals surface area (Å²) in [4.78, 5) is 39.1. The molecule has 0 saturated carbocycles. The maximum atomic E-state index is 13.2. The Kier molecular flexibility index (Phi) is 7.02. The Bertz CT molecular complexity index is 1370. The van der Waals surface area contributed by atoms with Crippen molar-refractivity contribution in [3.8, 4) is 11.5 Å². The van der Waals surface area contributed by atoms with Gasteiger partial charge in [-0.3, -0.25) is 14.9 Å². The Labute approximate surface area is 211 Å². The largest absolute Gasteiger partial charge is 0.493 e. The number of barbiturate groups is 1. The van der Waals surface area contributed by atoms with Gasteiger partial charge in [0.1, 0.15) is 12.2 Å². The summed E-state index contributed by atoms with van der Waals surface area (Å²) in [5.74, 6) is -0.493. The number of halogens is 1. The van der Waals surface area contributed by atoms with Crippen LogP contribution >= 0.6 is 15.9 Å². The van der Waals surface area contributed by atoms with Crippen LogP contribution in [0, 0.1) is 13.8 Å². The van der Waals surface area contributed by atoms with Gasteiger partial charge in [-0.05, 0) is 66.9 Å². The van der Waals surface area contributed by atoms with Gasteiger partial charge >= 0.3 is 6.03 Å². The van der Waals surface area contributed by atoms with Crippen LogP contribution in [-0.2, 0) is 16.2 Å². The quantitative estimate of drug-likeness (QED) is 0.341. The lowest BCUT2D eigenvalue weighted by atomic mass is 10.1. The van der Waals surface area contributed by atoms with Crippen LogP contribution in [-0.4, -0.2) is 25.0 Å². The molecular formula is C27H23BrN2O5. The van der Waals surface area contributed by atoms with Gasteiger partial charge in [0.2, 0.25) is 0 Å². The highest BCUT2D eigenvalue weighted by Gasteiger charge is 2.37. The van der Waals surface area contributed by atoms with Crippen LogP contribution in [0.4, 0.5) is 10.5 Å². The molecule has 0 atom stereocenters. The van der Waals surface area contributed by atoms with Crippen LogP contribution < -0.4 is 19.7 Å². The molecule has 0 radical (unpaired) electrons. The molecule has 8 heteroatoms. The minimum Gasteiger partial charge on any atom is -0.493 e. The number of imide groups is 2. The third kappa shape index (κ3) is 5.27. The van der Waals surface area contributed by atoms with Crippen molar-refractivity contribution in [1.82, 2.24) is 5.32 Å². The molecule has 0 bridgehead atoms. The first-order chi connectivity index (χ1) is 16.8. The second-order valence-electron chi connectivity index (χ2n) is 8.08. The molecule has 1 saturated heterocycles. The lowest BCUT2D eigenvalue weighted by Gasteiger charge is -2.26. The maximum Gasteiger partial charge on any atom is 0.335 e. The van der Waals surface area contributed by atoms with Crippen LogP contribution in [0.1, 0.15) is 22.3 Å². The Hall–Kier alpha value is -3.91. The zero-order valence-corrected chi connectivity index (χ0v) is 21.0. The van der Waals surface area contributed by atoms with E-state index in [1.807, 2.05) is 38.1 Å². The summed E-state index contributed by atoms with van der Waals surface area (Å²) in [6, 6.07) is 17.4. The van der Waals surface area contributed by atoms with Gasteiger partial charge in [0, 0.05) is 4.47 Å². The molecule has 35 heavy (non-hydrogen) atoms. The Balaban J connectivity index is 1.60. The molecule has 1 fully saturated rings.